The molecule has 0 N–H and O–H groups in total. The SMILES string of the molecule is F[B-](F)(F)c1cc2ccc(Cl)cc2o1.[K+]. The minimum Gasteiger partial charge on any atom is -0.493 e. The van der Waals surface area contributed by atoms with Crippen LogP contribution in [0.1, 0.15) is 0 Å². The minimum atomic E-state index is -5.08. The minimum absolute atomic E-state index is 0. The second-order valence-corrected chi connectivity index (χ2v) is 3.34. The fraction of sp³-hybridized carbons (Fsp3) is 0. The maximum absolute atomic E-state index is 12.3. The van der Waals surface area contributed by atoms with Gasteiger partial charge >= 0.3 is 58.4 Å². The summed E-state index contributed by atoms with van der Waals surface area (Å²) in [6.45, 7) is -5.08. The molecule has 1 heterocycles. The van der Waals surface area contributed by atoms with Crippen molar-refractivity contribution in [3.05, 3.63) is 29.3 Å². The first-order chi connectivity index (χ1) is 6.47. The molecule has 0 unspecified atom stereocenters. The number of halogens is 4. The first kappa shape index (κ1) is 13.6. The molecule has 0 spiro atoms. The van der Waals surface area contributed by atoms with Crippen molar-refractivity contribution in [3.63, 3.8) is 0 Å². The molecule has 0 saturated heterocycles. The van der Waals surface area contributed by atoms with Crippen LogP contribution >= 0.6 is 11.6 Å². The molecule has 15 heavy (non-hydrogen) atoms. The Morgan fingerprint density at radius 1 is 1.13 bits per heavy atom. The molecular weight excluding hydrogens is 254 g/mol. The van der Waals surface area contributed by atoms with Gasteiger partial charge in [0.1, 0.15) is 5.58 Å². The molecule has 0 radical (unpaired) electrons. The third-order valence-corrected chi connectivity index (χ3v) is 2.06. The van der Waals surface area contributed by atoms with Gasteiger partial charge in [0.15, 0.2) is 0 Å². The fourth-order valence-corrected chi connectivity index (χ4v) is 1.35. The molecule has 1 aromatic carbocycles. The molecule has 0 aliphatic rings. The second-order valence-electron chi connectivity index (χ2n) is 2.91. The van der Waals surface area contributed by atoms with Crippen molar-refractivity contribution in [1.29, 1.82) is 0 Å². The molecule has 1 nitrogen and oxygen atoms in total. The van der Waals surface area contributed by atoms with Gasteiger partial charge in [-0.25, -0.2) is 0 Å². The standard InChI is InChI=1S/C8H4BClF3O.K/c10-6-2-1-5-3-8(9(11,12)13)14-7(5)4-6;/h1-4H;/q-1;+1. The van der Waals surface area contributed by atoms with E-state index in [1.54, 1.807) is 0 Å². The van der Waals surface area contributed by atoms with Gasteiger partial charge in [-0.05, 0) is 24.3 Å². The van der Waals surface area contributed by atoms with Crippen LogP contribution in [0.3, 0.4) is 0 Å². The van der Waals surface area contributed by atoms with E-state index >= 15 is 0 Å². The van der Waals surface area contributed by atoms with E-state index in [-0.39, 0.29) is 57.0 Å². The van der Waals surface area contributed by atoms with Gasteiger partial charge < -0.3 is 17.4 Å². The number of benzene rings is 1. The molecule has 0 atom stereocenters. The molecule has 7 heteroatoms. The summed E-state index contributed by atoms with van der Waals surface area (Å²) in [7, 11) is 0. The molecule has 0 aliphatic heterocycles. The number of fused-ring (bicyclic) bond motifs is 1. The van der Waals surface area contributed by atoms with Gasteiger partial charge in [0.05, 0.1) is 0 Å². The van der Waals surface area contributed by atoms with Gasteiger partial charge in [-0.15, -0.1) is 0 Å². The summed E-state index contributed by atoms with van der Waals surface area (Å²) in [5.41, 5.74) is -0.783. The summed E-state index contributed by atoms with van der Waals surface area (Å²) >= 11 is 5.61. The predicted molar refractivity (Wildman–Crippen MR) is 49.9 cm³/mol. The summed E-state index contributed by atoms with van der Waals surface area (Å²) in [4.78, 5) is 0. The van der Waals surface area contributed by atoms with E-state index in [0.29, 0.717) is 10.4 Å². The zero-order valence-electron chi connectivity index (χ0n) is 7.81. The van der Waals surface area contributed by atoms with Gasteiger partial charge in [0.2, 0.25) is 0 Å². The van der Waals surface area contributed by atoms with Crippen molar-refractivity contribution in [2.24, 2.45) is 0 Å². The molecular formula is C8H4BClF3KO. The molecule has 0 amide bonds. The Balaban J connectivity index is 0.00000112. The van der Waals surface area contributed by atoms with Gasteiger partial charge in [-0.3, -0.25) is 0 Å². The Hall–Kier alpha value is 0.541. The average Bonchev–Trinajstić information content (AvgIpc) is 2.45. The largest absolute Gasteiger partial charge is 1.00 e. The summed E-state index contributed by atoms with van der Waals surface area (Å²) < 4.78 is 41.4. The van der Waals surface area contributed by atoms with Crippen LogP contribution in [-0.2, 0) is 0 Å². The van der Waals surface area contributed by atoms with Crippen LogP contribution in [-0.4, -0.2) is 6.98 Å². The van der Waals surface area contributed by atoms with Crippen molar-refractivity contribution >= 4 is 35.2 Å². The Kier molecular flexibility index (Phi) is 4.36. The van der Waals surface area contributed by atoms with E-state index in [0.717, 1.165) is 6.07 Å². The average molecular weight is 258 g/mol. The summed E-state index contributed by atoms with van der Waals surface area (Å²) in [5.74, 6) is 0. The van der Waals surface area contributed by atoms with Crippen molar-refractivity contribution < 1.29 is 68.7 Å². The normalized spacial score (nSPS) is 11.5. The molecule has 1 aromatic heterocycles. The van der Waals surface area contributed by atoms with Crippen LogP contribution in [0.2, 0.25) is 5.02 Å². The maximum Gasteiger partial charge on any atom is 1.00 e. The molecule has 0 aliphatic carbocycles. The van der Waals surface area contributed by atoms with E-state index in [4.69, 9.17) is 11.6 Å². The van der Waals surface area contributed by atoms with Gasteiger partial charge in [-0.2, -0.15) is 0 Å². The second kappa shape index (κ2) is 4.81. The predicted octanol–water partition coefficient (Wildman–Crippen LogP) is 0.145. The molecule has 74 valence electrons. The van der Waals surface area contributed by atoms with E-state index in [9.17, 15) is 12.9 Å². The van der Waals surface area contributed by atoms with E-state index < -0.39 is 12.6 Å². The van der Waals surface area contributed by atoms with Crippen LogP contribution in [0.5, 0.6) is 0 Å². The van der Waals surface area contributed by atoms with Crippen LogP contribution in [0.25, 0.3) is 11.0 Å². The summed E-state index contributed by atoms with van der Waals surface area (Å²) in [6.07, 6.45) is 0. The van der Waals surface area contributed by atoms with Crippen LogP contribution in [0.15, 0.2) is 28.7 Å². The van der Waals surface area contributed by atoms with Gasteiger partial charge in [-0.1, -0.05) is 11.6 Å². The van der Waals surface area contributed by atoms with E-state index in [1.807, 2.05) is 0 Å². The van der Waals surface area contributed by atoms with Crippen LogP contribution in [0.4, 0.5) is 12.9 Å². The van der Waals surface area contributed by atoms with Crippen molar-refractivity contribution in [3.8, 4) is 0 Å². The number of hydrogen-bond acceptors (Lipinski definition) is 1. The van der Waals surface area contributed by atoms with E-state index in [1.165, 1.54) is 18.2 Å². The molecule has 0 saturated carbocycles. The Labute approximate surface area is 131 Å². The quantitative estimate of drug-likeness (QED) is 0.664. The van der Waals surface area contributed by atoms with E-state index in [2.05, 4.69) is 4.42 Å². The van der Waals surface area contributed by atoms with Crippen molar-refractivity contribution in [2.75, 3.05) is 0 Å². The number of rotatable bonds is 1. The fourth-order valence-electron chi connectivity index (χ4n) is 1.19. The third kappa shape index (κ3) is 3.02. The molecule has 2 rings (SSSR count). The Bertz CT molecular complexity index is 482. The molecule has 0 fully saturated rings. The smallest absolute Gasteiger partial charge is 0.493 e. The van der Waals surface area contributed by atoms with Crippen molar-refractivity contribution in [1.82, 2.24) is 0 Å². The number of hydrogen-bond donors (Lipinski definition) is 0. The third-order valence-electron chi connectivity index (χ3n) is 1.82. The first-order valence-corrected chi connectivity index (χ1v) is 4.23. The molecule has 2 aromatic rings. The summed E-state index contributed by atoms with van der Waals surface area (Å²) in [5, 5.41) is 0.761. The first-order valence-electron chi connectivity index (χ1n) is 3.86. The Morgan fingerprint density at radius 2 is 1.80 bits per heavy atom. The number of furan rings is 1. The topological polar surface area (TPSA) is 13.1 Å². The van der Waals surface area contributed by atoms with Crippen molar-refractivity contribution in [2.45, 2.75) is 0 Å². The summed E-state index contributed by atoms with van der Waals surface area (Å²) in [6, 6.07) is 5.35. The van der Waals surface area contributed by atoms with Gasteiger partial charge in [0.25, 0.3) is 0 Å². The zero-order valence-corrected chi connectivity index (χ0v) is 11.7. The van der Waals surface area contributed by atoms with Gasteiger partial charge in [0, 0.05) is 16.1 Å². The maximum atomic E-state index is 12.3. The van der Waals surface area contributed by atoms with Crippen LogP contribution < -0.4 is 57.0 Å². The van der Waals surface area contributed by atoms with Crippen LogP contribution in [0, 0.1) is 0 Å². The monoisotopic (exact) mass is 258 g/mol. The zero-order chi connectivity index (χ0) is 10.3. The molecule has 0 bridgehead atoms. The Morgan fingerprint density at radius 3 is 2.40 bits per heavy atom.